The van der Waals surface area contributed by atoms with E-state index in [0.29, 0.717) is 22.6 Å². The third-order valence-electron chi connectivity index (χ3n) is 7.15. The minimum Gasteiger partial charge on any atom is -0.397 e. The summed E-state index contributed by atoms with van der Waals surface area (Å²) in [4.78, 5) is 29.1. The van der Waals surface area contributed by atoms with Crippen LogP contribution in [-0.2, 0) is 11.0 Å². The van der Waals surface area contributed by atoms with Crippen LogP contribution in [0, 0.1) is 11.3 Å². The number of thiocarbonyl (C=S) groups is 1. The molecule has 1 aliphatic heterocycles. The second-order valence-corrected chi connectivity index (χ2v) is 10.7. The summed E-state index contributed by atoms with van der Waals surface area (Å²) >= 11 is 5.58. The van der Waals surface area contributed by atoms with Crippen LogP contribution in [0.4, 0.5) is 35.9 Å². The molecule has 0 atom stereocenters. The first-order valence-corrected chi connectivity index (χ1v) is 13.4. The van der Waals surface area contributed by atoms with Gasteiger partial charge in [0.05, 0.1) is 34.3 Å². The fourth-order valence-corrected chi connectivity index (χ4v) is 5.41. The third-order valence-corrected chi connectivity index (χ3v) is 7.52. The van der Waals surface area contributed by atoms with Crippen molar-refractivity contribution in [1.29, 1.82) is 5.26 Å². The van der Waals surface area contributed by atoms with Crippen molar-refractivity contribution in [3.63, 3.8) is 0 Å². The zero-order chi connectivity index (χ0) is 31.1. The average Bonchev–Trinajstić information content (AvgIpc) is 3.16. The van der Waals surface area contributed by atoms with Crippen molar-refractivity contribution in [3.05, 3.63) is 108 Å². The van der Waals surface area contributed by atoms with E-state index < -0.39 is 34.7 Å². The molecule has 0 bridgehead atoms. The predicted molar refractivity (Wildman–Crippen MR) is 163 cm³/mol. The Balaban J connectivity index is 1.40. The number of hydrogen-bond acceptors (Lipinski definition) is 5. The molecule has 0 saturated carbocycles. The Morgan fingerprint density at radius 3 is 2.21 bits per heavy atom. The summed E-state index contributed by atoms with van der Waals surface area (Å²) in [6, 6.07) is 25.8. The maximum absolute atomic E-state index is 13.6. The number of carbonyl (C=O) groups is 2. The molecule has 1 fully saturated rings. The molecule has 216 valence electrons. The standard InChI is InChI=1S/C32H24F3N5O2S/c1-31(2)29(42)39(24-14-10-22(18-36)25(17-24)32(33,34)35)30(43)40(31)23-12-8-20(9-13-23)28(41)38-27-16-21(11-15-26(27)37)19-6-4-3-5-7-19/h3-17H,37H2,1-2H3,(H,38,41). The number of amides is 2. The Morgan fingerprint density at radius 1 is 0.930 bits per heavy atom. The Kier molecular flexibility index (Phi) is 7.42. The van der Waals surface area contributed by atoms with Gasteiger partial charge in [0, 0.05) is 11.3 Å². The summed E-state index contributed by atoms with van der Waals surface area (Å²) in [6.07, 6.45) is -4.80. The van der Waals surface area contributed by atoms with Crippen LogP contribution in [0.2, 0.25) is 0 Å². The van der Waals surface area contributed by atoms with Gasteiger partial charge in [-0.1, -0.05) is 36.4 Å². The molecule has 1 saturated heterocycles. The van der Waals surface area contributed by atoms with Gasteiger partial charge in [0.15, 0.2) is 5.11 Å². The van der Waals surface area contributed by atoms with Crippen LogP contribution in [0.15, 0.2) is 91.0 Å². The molecule has 4 aromatic carbocycles. The van der Waals surface area contributed by atoms with Crippen LogP contribution in [0.1, 0.15) is 35.3 Å². The summed E-state index contributed by atoms with van der Waals surface area (Å²) in [7, 11) is 0. The summed E-state index contributed by atoms with van der Waals surface area (Å²) in [6.45, 7) is 3.19. The van der Waals surface area contributed by atoms with Crippen molar-refractivity contribution in [2.45, 2.75) is 25.6 Å². The molecule has 1 heterocycles. The molecule has 4 aromatic rings. The number of carbonyl (C=O) groups excluding carboxylic acids is 2. The van der Waals surface area contributed by atoms with Gasteiger partial charge in [-0.05, 0) is 91.8 Å². The van der Waals surface area contributed by atoms with E-state index >= 15 is 0 Å². The monoisotopic (exact) mass is 599 g/mol. The highest BCUT2D eigenvalue weighted by Gasteiger charge is 2.50. The lowest BCUT2D eigenvalue weighted by Crippen LogP contribution is -2.44. The minimum atomic E-state index is -4.80. The van der Waals surface area contributed by atoms with Crippen molar-refractivity contribution in [2.24, 2.45) is 0 Å². The molecule has 0 radical (unpaired) electrons. The lowest BCUT2D eigenvalue weighted by molar-refractivity contribution is -0.137. The highest BCUT2D eigenvalue weighted by atomic mass is 32.1. The van der Waals surface area contributed by atoms with Crippen molar-refractivity contribution >= 4 is 51.9 Å². The van der Waals surface area contributed by atoms with Gasteiger partial charge in [0.1, 0.15) is 5.54 Å². The van der Waals surface area contributed by atoms with Crippen molar-refractivity contribution < 1.29 is 22.8 Å². The first kappa shape index (κ1) is 29.3. The molecule has 1 aliphatic rings. The molecule has 0 spiro atoms. The second-order valence-electron chi connectivity index (χ2n) is 10.3. The van der Waals surface area contributed by atoms with E-state index in [1.807, 2.05) is 36.4 Å². The number of halogens is 3. The number of benzene rings is 4. The number of nitrogens with one attached hydrogen (secondary N) is 1. The molecule has 0 aromatic heterocycles. The van der Waals surface area contributed by atoms with Gasteiger partial charge in [0.25, 0.3) is 11.8 Å². The fraction of sp³-hybridized carbons (Fsp3) is 0.125. The fourth-order valence-electron chi connectivity index (χ4n) is 4.89. The highest BCUT2D eigenvalue weighted by Crippen LogP contribution is 2.39. The summed E-state index contributed by atoms with van der Waals surface area (Å²) in [5, 5.41) is 11.9. The Labute approximate surface area is 250 Å². The van der Waals surface area contributed by atoms with Gasteiger partial charge in [-0.2, -0.15) is 18.4 Å². The van der Waals surface area contributed by atoms with E-state index in [4.69, 9.17) is 23.2 Å². The molecule has 43 heavy (non-hydrogen) atoms. The lowest BCUT2D eigenvalue weighted by atomic mass is 10.0. The van der Waals surface area contributed by atoms with Gasteiger partial charge in [-0.15, -0.1) is 0 Å². The number of anilines is 4. The van der Waals surface area contributed by atoms with Crippen molar-refractivity contribution in [3.8, 4) is 17.2 Å². The largest absolute Gasteiger partial charge is 0.417 e. The predicted octanol–water partition coefficient (Wildman–Crippen LogP) is 7.00. The van der Waals surface area contributed by atoms with Crippen LogP contribution in [0.5, 0.6) is 0 Å². The van der Waals surface area contributed by atoms with Crippen LogP contribution in [0.25, 0.3) is 11.1 Å². The molecule has 7 nitrogen and oxygen atoms in total. The summed E-state index contributed by atoms with van der Waals surface area (Å²) in [5.41, 5.74) is 6.46. The molecular weight excluding hydrogens is 575 g/mol. The molecule has 3 N–H and O–H groups in total. The molecule has 2 amide bonds. The van der Waals surface area contributed by atoms with E-state index in [-0.39, 0.29) is 10.8 Å². The van der Waals surface area contributed by atoms with Crippen LogP contribution in [-0.4, -0.2) is 22.5 Å². The number of alkyl halides is 3. The summed E-state index contributed by atoms with van der Waals surface area (Å²) in [5.74, 6) is -0.965. The van der Waals surface area contributed by atoms with E-state index in [0.717, 1.165) is 28.2 Å². The van der Waals surface area contributed by atoms with Gasteiger partial charge in [-0.3, -0.25) is 14.5 Å². The smallest absolute Gasteiger partial charge is 0.397 e. The summed E-state index contributed by atoms with van der Waals surface area (Å²) < 4.78 is 40.8. The third kappa shape index (κ3) is 5.40. The number of nitrogens with two attached hydrogens (primary N) is 1. The van der Waals surface area contributed by atoms with Crippen LogP contribution < -0.4 is 20.9 Å². The number of nitriles is 1. The van der Waals surface area contributed by atoms with E-state index in [2.05, 4.69) is 5.32 Å². The molecular formula is C32H24F3N5O2S. The number of hydrogen-bond donors (Lipinski definition) is 2. The molecule has 0 unspecified atom stereocenters. The first-order valence-electron chi connectivity index (χ1n) is 13.0. The van der Waals surface area contributed by atoms with E-state index in [1.54, 1.807) is 50.2 Å². The maximum atomic E-state index is 13.6. The second kappa shape index (κ2) is 10.9. The molecule has 11 heteroatoms. The maximum Gasteiger partial charge on any atom is 0.417 e. The minimum absolute atomic E-state index is 0.0458. The van der Waals surface area contributed by atoms with Crippen LogP contribution >= 0.6 is 12.2 Å². The Morgan fingerprint density at radius 2 is 1.58 bits per heavy atom. The van der Waals surface area contributed by atoms with E-state index in [1.165, 1.54) is 17.0 Å². The Hall–Kier alpha value is -5.21. The number of rotatable bonds is 5. The number of nitrogens with zero attached hydrogens (tertiary/aromatic N) is 3. The van der Waals surface area contributed by atoms with E-state index in [9.17, 15) is 22.8 Å². The normalized spacial score (nSPS) is 14.5. The van der Waals surface area contributed by atoms with Gasteiger partial charge < -0.3 is 16.0 Å². The zero-order valence-corrected chi connectivity index (χ0v) is 23.8. The average molecular weight is 600 g/mol. The first-order chi connectivity index (χ1) is 20.3. The van der Waals surface area contributed by atoms with Crippen LogP contribution in [0.3, 0.4) is 0 Å². The van der Waals surface area contributed by atoms with Gasteiger partial charge in [-0.25, -0.2) is 0 Å². The van der Waals surface area contributed by atoms with Crippen molar-refractivity contribution in [2.75, 3.05) is 20.9 Å². The quantitative estimate of drug-likeness (QED) is 0.189. The number of nitrogen functional groups attached to an aromatic ring is 1. The lowest BCUT2D eigenvalue weighted by Gasteiger charge is -2.29. The SMILES string of the molecule is CC1(C)C(=O)N(c2ccc(C#N)c(C(F)(F)F)c2)C(=S)N1c1ccc(C(=O)Nc2cc(-c3ccccc3)ccc2N)cc1. The topological polar surface area (TPSA) is 102 Å². The molecule has 0 aliphatic carbocycles. The molecule has 5 rings (SSSR count). The zero-order valence-electron chi connectivity index (χ0n) is 22.9. The van der Waals surface area contributed by atoms with Gasteiger partial charge >= 0.3 is 6.18 Å². The highest BCUT2D eigenvalue weighted by molar-refractivity contribution is 7.81. The Bertz CT molecular complexity index is 1800. The van der Waals surface area contributed by atoms with Gasteiger partial charge in [0.2, 0.25) is 0 Å². The van der Waals surface area contributed by atoms with Crippen molar-refractivity contribution in [1.82, 2.24) is 0 Å².